The van der Waals surface area contributed by atoms with Crippen LogP contribution in [0, 0.1) is 22.6 Å². The van der Waals surface area contributed by atoms with Crippen LogP contribution in [0.25, 0.3) is 0 Å². The number of ether oxygens (including phenoxy) is 1. The van der Waals surface area contributed by atoms with Gasteiger partial charge in [0.1, 0.15) is 5.82 Å². The van der Waals surface area contributed by atoms with Crippen molar-refractivity contribution in [2.75, 3.05) is 13.2 Å². The van der Waals surface area contributed by atoms with E-state index in [1.54, 1.807) is 0 Å². The lowest BCUT2D eigenvalue weighted by atomic mass is 9.74. The van der Waals surface area contributed by atoms with Crippen molar-refractivity contribution < 1.29 is 14.2 Å². The molecule has 0 bridgehead atoms. The van der Waals surface area contributed by atoms with Crippen molar-refractivity contribution in [2.24, 2.45) is 5.41 Å². The van der Waals surface area contributed by atoms with E-state index in [0.29, 0.717) is 31.6 Å². The molecule has 0 aromatic heterocycles. The predicted molar refractivity (Wildman–Crippen MR) is 64.5 cm³/mol. The molecule has 0 spiro atoms. The molecular formula is C13H13ClFNO2. The third-order valence-electron chi connectivity index (χ3n) is 3.33. The van der Waals surface area contributed by atoms with Gasteiger partial charge in [-0.25, -0.2) is 4.39 Å². The van der Waals surface area contributed by atoms with Crippen LogP contribution in [0.15, 0.2) is 18.2 Å². The number of benzene rings is 1. The van der Waals surface area contributed by atoms with Crippen LogP contribution in [-0.2, 0) is 4.74 Å². The van der Waals surface area contributed by atoms with Crippen molar-refractivity contribution in [3.05, 3.63) is 34.6 Å². The lowest BCUT2D eigenvalue weighted by molar-refractivity contribution is -0.0311. The second-order valence-corrected chi connectivity index (χ2v) is 4.92. The number of aliphatic hydroxyl groups is 1. The highest BCUT2D eigenvalue weighted by Crippen LogP contribution is 2.42. The highest BCUT2D eigenvalue weighted by molar-refractivity contribution is 6.30. The minimum atomic E-state index is -1.06. The van der Waals surface area contributed by atoms with E-state index in [0.717, 1.165) is 0 Å². The normalized spacial score (nSPS) is 20.1. The van der Waals surface area contributed by atoms with Crippen LogP contribution in [-0.4, -0.2) is 18.3 Å². The quantitative estimate of drug-likeness (QED) is 0.898. The van der Waals surface area contributed by atoms with Gasteiger partial charge in [0.2, 0.25) is 0 Å². The molecule has 1 heterocycles. The summed E-state index contributed by atoms with van der Waals surface area (Å²) in [6.07, 6.45) is -0.197. The van der Waals surface area contributed by atoms with Gasteiger partial charge in [0.15, 0.2) is 0 Å². The first-order valence-corrected chi connectivity index (χ1v) is 6.08. The predicted octanol–water partition coefficient (Wildman–Crippen LogP) is 2.83. The molecule has 1 atom stereocenters. The van der Waals surface area contributed by atoms with Crippen molar-refractivity contribution in [1.82, 2.24) is 0 Å². The summed E-state index contributed by atoms with van der Waals surface area (Å²) in [5.74, 6) is -0.517. The minimum Gasteiger partial charge on any atom is -0.387 e. The smallest absolute Gasteiger partial charge is 0.125 e. The number of hydrogen-bond acceptors (Lipinski definition) is 3. The van der Waals surface area contributed by atoms with Crippen molar-refractivity contribution in [2.45, 2.75) is 18.9 Å². The van der Waals surface area contributed by atoms with Gasteiger partial charge in [-0.05, 0) is 36.6 Å². The van der Waals surface area contributed by atoms with E-state index in [9.17, 15) is 14.8 Å². The van der Waals surface area contributed by atoms with Gasteiger partial charge in [-0.1, -0.05) is 11.6 Å². The maximum absolute atomic E-state index is 13.3. The molecule has 18 heavy (non-hydrogen) atoms. The van der Waals surface area contributed by atoms with Gasteiger partial charge in [-0.3, -0.25) is 0 Å². The average molecular weight is 270 g/mol. The molecule has 1 aromatic carbocycles. The first kappa shape index (κ1) is 13.3. The molecule has 2 rings (SSSR count). The summed E-state index contributed by atoms with van der Waals surface area (Å²) < 4.78 is 18.5. The zero-order chi connectivity index (χ0) is 13.2. The van der Waals surface area contributed by atoms with E-state index in [-0.39, 0.29) is 5.02 Å². The van der Waals surface area contributed by atoms with Crippen LogP contribution in [0.5, 0.6) is 0 Å². The Kier molecular flexibility index (Phi) is 3.86. The molecule has 1 unspecified atom stereocenters. The number of rotatable bonds is 2. The van der Waals surface area contributed by atoms with Crippen molar-refractivity contribution >= 4 is 11.6 Å². The monoisotopic (exact) mass is 269 g/mol. The van der Waals surface area contributed by atoms with Crippen molar-refractivity contribution in [3.63, 3.8) is 0 Å². The molecule has 5 heteroatoms. The van der Waals surface area contributed by atoms with E-state index < -0.39 is 17.3 Å². The summed E-state index contributed by atoms with van der Waals surface area (Å²) in [6, 6.07) is 6.03. The Morgan fingerprint density at radius 2 is 2.06 bits per heavy atom. The summed E-state index contributed by atoms with van der Waals surface area (Å²) in [7, 11) is 0. The van der Waals surface area contributed by atoms with Crippen LogP contribution >= 0.6 is 11.6 Å². The van der Waals surface area contributed by atoms with Crippen LogP contribution in [0.4, 0.5) is 4.39 Å². The van der Waals surface area contributed by atoms with Gasteiger partial charge in [-0.15, -0.1) is 0 Å². The molecule has 1 aromatic rings. The standard InChI is InChI=1S/C13H13ClFNO2/c14-10-5-9(6-11(15)7-10)12(17)13(8-16)1-3-18-4-2-13/h5-7,12,17H,1-4H2. The fourth-order valence-electron chi connectivity index (χ4n) is 2.23. The largest absolute Gasteiger partial charge is 0.387 e. The Bertz CT molecular complexity index is 460. The fraction of sp³-hybridized carbons (Fsp3) is 0.462. The zero-order valence-corrected chi connectivity index (χ0v) is 10.5. The summed E-state index contributed by atoms with van der Waals surface area (Å²) >= 11 is 5.76. The van der Waals surface area contributed by atoms with Crippen LogP contribution in [0.1, 0.15) is 24.5 Å². The zero-order valence-electron chi connectivity index (χ0n) is 9.70. The number of aliphatic hydroxyl groups excluding tert-OH is 1. The molecule has 1 N–H and O–H groups in total. The maximum atomic E-state index is 13.3. The van der Waals surface area contributed by atoms with Crippen molar-refractivity contribution in [1.29, 1.82) is 5.26 Å². The Morgan fingerprint density at radius 1 is 1.39 bits per heavy atom. The Morgan fingerprint density at radius 3 is 2.61 bits per heavy atom. The molecule has 0 amide bonds. The van der Waals surface area contributed by atoms with Gasteiger partial charge < -0.3 is 9.84 Å². The van der Waals surface area contributed by atoms with E-state index >= 15 is 0 Å². The summed E-state index contributed by atoms with van der Waals surface area (Å²) in [5, 5.41) is 19.9. The molecular weight excluding hydrogens is 257 g/mol. The van der Waals surface area contributed by atoms with Gasteiger partial charge in [0, 0.05) is 18.2 Å². The second-order valence-electron chi connectivity index (χ2n) is 4.49. The molecule has 0 saturated carbocycles. The molecule has 1 aliphatic heterocycles. The summed E-state index contributed by atoms with van der Waals surface area (Å²) in [5.41, 5.74) is -0.585. The average Bonchev–Trinajstić information content (AvgIpc) is 2.37. The lowest BCUT2D eigenvalue weighted by Crippen LogP contribution is -2.34. The van der Waals surface area contributed by atoms with Gasteiger partial charge >= 0.3 is 0 Å². The highest BCUT2D eigenvalue weighted by atomic mass is 35.5. The number of halogens is 2. The van der Waals surface area contributed by atoms with E-state index in [4.69, 9.17) is 16.3 Å². The van der Waals surface area contributed by atoms with E-state index in [2.05, 4.69) is 6.07 Å². The highest BCUT2D eigenvalue weighted by Gasteiger charge is 2.41. The molecule has 1 saturated heterocycles. The van der Waals surface area contributed by atoms with Crippen LogP contribution in [0.3, 0.4) is 0 Å². The number of nitriles is 1. The maximum Gasteiger partial charge on any atom is 0.125 e. The first-order chi connectivity index (χ1) is 8.57. The Hall–Kier alpha value is -1.15. The third-order valence-corrected chi connectivity index (χ3v) is 3.55. The number of hydrogen-bond donors (Lipinski definition) is 1. The minimum absolute atomic E-state index is 0.212. The molecule has 1 fully saturated rings. The van der Waals surface area contributed by atoms with Crippen LogP contribution < -0.4 is 0 Å². The topological polar surface area (TPSA) is 53.2 Å². The molecule has 1 aliphatic rings. The van der Waals surface area contributed by atoms with E-state index in [1.165, 1.54) is 18.2 Å². The second kappa shape index (κ2) is 5.23. The Balaban J connectivity index is 2.34. The molecule has 0 radical (unpaired) electrons. The van der Waals surface area contributed by atoms with Gasteiger partial charge in [-0.2, -0.15) is 5.26 Å². The molecule has 96 valence electrons. The van der Waals surface area contributed by atoms with Crippen LogP contribution in [0.2, 0.25) is 5.02 Å². The van der Waals surface area contributed by atoms with E-state index in [1.807, 2.05) is 0 Å². The fourth-order valence-corrected chi connectivity index (χ4v) is 2.46. The van der Waals surface area contributed by atoms with Gasteiger partial charge in [0.25, 0.3) is 0 Å². The first-order valence-electron chi connectivity index (χ1n) is 5.70. The third kappa shape index (κ3) is 2.49. The Labute approximate surface area is 110 Å². The summed E-state index contributed by atoms with van der Waals surface area (Å²) in [4.78, 5) is 0. The van der Waals surface area contributed by atoms with Crippen molar-refractivity contribution in [3.8, 4) is 6.07 Å². The number of nitrogens with zero attached hydrogens (tertiary/aromatic N) is 1. The summed E-state index contributed by atoms with van der Waals surface area (Å²) in [6.45, 7) is 0.849. The molecule has 0 aliphatic carbocycles. The molecule has 3 nitrogen and oxygen atoms in total. The lowest BCUT2D eigenvalue weighted by Gasteiger charge is -2.35. The van der Waals surface area contributed by atoms with Gasteiger partial charge in [0.05, 0.1) is 17.6 Å². The SMILES string of the molecule is N#CC1(C(O)c2cc(F)cc(Cl)c2)CCOCC1.